The van der Waals surface area contributed by atoms with E-state index in [-0.39, 0.29) is 30.8 Å². The van der Waals surface area contributed by atoms with E-state index in [1.807, 2.05) is 0 Å². The topological polar surface area (TPSA) is 94.5 Å². The third-order valence-electron chi connectivity index (χ3n) is 10.4. The molecule has 0 fully saturated rings. The van der Waals surface area contributed by atoms with Crippen molar-refractivity contribution < 1.29 is 33.6 Å². The normalized spacial score (nSPS) is 12.7. The van der Waals surface area contributed by atoms with Gasteiger partial charge < -0.3 is 29.0 Å². The minimum Gasteiger partial charge on any atom is -0.462 e. The van der Waals surface area contributed by atoms with E-state index in [9.17, 15) is 14.7 Å². The molecule has 0 rings (SSSR count). The van der Waals surface area contributed by atoms with Gasteiger partial charge in [0.25, 0.3) is 0 Å². The molecule has 0 heterocycles. The van der Waals surface area contributed by atoms with E-state index in [0.29, 0.717) is 39.3 Å². The quantitative estimate of drug-likeness (QED) is 0.0483. The molecule has 1 N–H and O–H groups in total. The predicted molar refractivity (Wildman–Crippen MR) is 226 cm³/mol. The van der Waals surface area contributed by atoms with Gasteiger partial charge in [-0.05, 0) is 83.6 Å². The van der Waals surface area contributed by atoms with Crippen LogP contribution in [-0.4, -0.2) is 86.8 Å². The average molecular weight is 770 g/mol. The Bertz CT molecular complexity index is 724. The molecule has 0 radical (unpaired) electrons. The Morgan fingerprint density at radius 3 is 1.13 bits per heavy atom. The highest BCUT2D eigenvalue weighted by Gasteiger charge is 2.16. The van der Waals surface area contributed by atoms with E-state index >= 15 is 0 Å². The third-order valence-corrected chi connectivity index (χ3v) is 10.4. The summed E-state index contributed by atoms with van der Waals surface area (Å²) in [6.07, 6.45) is 32.8. The van der Waals surface area contributed by atoms with Crippen LogP contribution in [0.4, 0.5) is 0 Å². The van der Waals surface area contributed by atoms with E-state index < -0.39 is 0 Å². The molecule has 0 bridgehead atoms. The minimum atomic E-state index is -0.129. The fourth-order valence-corrected chi connectivity index (χ4v) is 6.99. The van der Waals surface area contributed by atoms with Gasteiger partial charge in [-0.3, -0.25) is 9.59 Å². The van der Waals surface area contributed by atoms with Crippen molar-refractivity contribution in [1.82, 2.24) is 4.90 Å². The Balaban J connectivity index is 4.37. The van der Waals surface area contributed by atoms with Crippen LogP contribution in [0.5, 0.6) is 0 Å². The Morgan fingerprint density at radius 1 is 0.426 bits per heavy atom. The van der Waals surface area contributed by atoms with Crippen LogP contribution in [0, 0.1) is 0 Å². The average Bonchev–Trinajstić information content (AvgIpc) is 3.16. The second kappa shape index (κ2) is 42.9. The molecule has 0 aromatic rings. The van der Waals surface area contributed by atoms with Crippen LogP contribution >= 0.6 is 0 Å². The molecule has 322 valence electrons. The zero-order valence-corrected chi connectivity index (χ0v) is 36.4. The van der Waals surface area contributed by atoms with Gasteiger partial charge in [-0.25, -0.2) is 0 Å². The number of unbranched alkanes of at least 4 members (excludes halogenated alkanes) is 17. The number of aliphatic hydroxyl groups excluding tert-OH is 1. The monoisotopic (exact) mass is 770 g/mol. The van der Waals surface area contributed by atoms with Crippen LogP contribution in [0.2, 0.25) is 0 Å². The van der Waals surface area contributed by atoms with Crippen molar-refractivity contribution in [3.8, 4) is 0 Å². The molecule has 8 heteroatoms. The van der Waals surface area contributed by atoms with Crippen molar-refractivity contribution in [3.63, 3.8) is 0 Å². The highest BCUT2D eigenvalue weighted by Crippen LogP contribution is 2.18. The van der Waals surface area contributed by atoms with Crippen molar-refractivity contribution in [1.29, 1.82) is 0 Å². The molecule has 0 amide bonds. The zero-order chi connectivity index (χ0) is 39.6. The lowest BCUT2D eigenvalue weighted by Crippen LogP contribution is -2.29. The van der Waals surface area contributed by atoms with Crippen LogP contribution in [0.3, 0.4) is 0 Å². The number of nitrogens with zero attached hydrogens (tertiary/aromatic N) is 1. The van der Waals surface area contributed by atoms with Gasteiger partial charge in [0.2, 0.25) is 0 Å². The smallest absolute Gasteiger partial charge is 0.308 e. The van der Waals surface area contributed by atoms with Crippen LogP contribution in [-0.2, 0) is 28.5 Å². The number of hydrogen-bond acceptors (Lipinski definition) is 8. The number of rotatable bonds is 44. The van der Waals surface area contributed by atoms with Gasteiger partial charge in [0.1, 0.15) is 12.2 Å². The van der Waals surface area contributed by atoms with Crippen LogP contribution < -0.4 is 0 Å². The molecule has 0 aliphatic rings. The van der Waals surface area contributed by atoms with Gasteiger partial charge in [0.15, 0.2) is 0 Å². The maximum atomic E-state index is 12.6. The molecule has 2 unspecified atom stereocenters. The molecular formula is C46H91NO7. The van der Waals surface area contributed by atoms with Crippen molar-refractivity contribution in [2.75, 3.05) is 52.7 Å². The summed E-state index contributed by atoms with van der Waals surface area (Å²) in [5.74, 6) is -0.258. The van der Waals surface area contributed by atoms with Crippen molar-refractivity contribution in [2.24, 2.45) is 0 Å². The first kappa shape index (κ1) is 52.8. The number of hydrogen-bond donors (Lipinski definition) is 1. The molecule has 54 heavy (non-hydrogen) atoms. The van der Waals surface area contributed by atoms with E-state index in [4.69, 9.17) is 18.9 Å². The number of aliphatic hydroxyl groups is 1. The largest absolute Gasteiger partial charge is 0.462 e. The van der Waals surface area contributed by atoms with Gasteiger partial charge in [-0.1, -0.05) is 130 Å². The Kier molecular flexibility index (Phi) is 41.9. The molecule has 0 saturated heterocycles. The van der Waals surface area contributed by atoms with E-state index in [1.54, 1.807) is 0 Å². The van der Waals surface area contributed by atoms with Gasteiger partial charge in [-0.2, -0.15) is 0 Å². The molecule has 0 saturated carbocycles. The molecular weight excluding hydrogens is 679 g/mol. The summed E-state index contributed by atoms with van der Waals surface area (Å²) in [4.78, 5) is 27.7. The fourth-order valence-electron chi connectivity index (χ4n) is 6.99. The number of esters is 2. The molecule has 0 spiro atoms. The standard InChI is InChI=1S/C46H91NO7/c1-5-9-13-17-19-23-31-43(29-21-15-11-7-3)53-45(49)33-41-51-39-27-36-47(35-25-26-38-48)37-28-40-52-42-34-46(50)54-44(30-22-16-12-8-4)32-24-20-18-14-10-6-2/h43-44,48H,5-42H2,1-4H3. The second-order valence-electron chi connectivity index (χ2n) is 15.7. The molecule has 8 nitrogen and oxygen atoms in total. The predicted octanol–water partition coefficient (Wildman–Crippen LogP) is 11.9. The fraction of sp³-hybridized carbons (Fsp3) is 0.957. The molecule has 0 aliphatic heterocycles. The van der Waals surface area contributed by atoms with E-state index in [0.717, 1.165) is 96.7 Å². The van der Waals surface area contributed by atoms with Crippen molar-refractivity contribution >= 4 is 11.9 Å². The summed E-state index contributed by atoms with van der Waals surface area (Å²) >= 11 is 0. The first-order valence-electron chi connectivity index (χ1n) is 23.4. The maximum Gasteiger partial charge on any atom is 0.308 e. The summed E-state index contributed by atoms with van der Waals surface area (Å²) in [6.45, 7) is 13.9. The Morgan fingerprint density at radius 2 is 0.759 bits per heavy atom. The number of carbonyl (C=O) groups excluding carboxylic acids is 2. The molecule has 2 atom stereocenters. The van der Waals surface area contributed by atoms with Crippen molar-refractivity contribution in [2.45, 2.75) is 233 Å². The SMILES string of the molecule is CCCCCCCCC(CCCCCC)OC(=O)CCOCCCN(CCCCO)CCCOCCC(=O)OC(CCCCCC)CCCCCCCC. The van der Waals surface area contributed by atoms with Gasteiger partial charge >= 0.3 is 11.9 Å². The lowest BCUT2D eigenvalue weighted by atomic mass is 10.0. The first-order chi connectivity index (χ1) is 26.5. The third kappa shape index (κ3) is 37.7. The highest BCUT2D eigenvalue weighted by molar-refractivity contribution is 5.70. The minimum absolute atomic E-state index is 0.0444. The van der Waals surface area contributed by atoms with Crippen molar-refractivity contribution in [3.05, 3.63) is 0 Å². The lowest BCUT2D eigenvalue weighted by Gasteiger charge is -2.22. The summed E-state index contributed by atoms with van der Waals surface area (Å²) in [5, 5.41) is 9.28. The van der Waals surface area contributed by atoms with Gasteiger partial charge in [0, 0.05) is 32.9 Å². The summed E-state index contributed by atoms with van der Waals surface area (Å²) < 4.78 is 23.6. The number of carbonyl (C=O) groups is 2. The Hall–Kier alpha value is -1.22. The van der Waals surface area contributed by atoms with E-state index in [1.165, 1.54) is 103 Å². The maximum absolute atomic E-state index is 12.6. The van der Waals surface area contributed by atoms with Gasteiger partial charge in [0.05, 0.1) is 26.1 Å². The Labute approximate surface area is 334 Å². The van der Waals surface area contributed by atoms with Gasteiger partial charge in [-0.15, -0.1) is 0 Å². The summed E-state index contributed by atoms with van der Waals surface area (Å²) in [5.41, 5.74) is 0. The first-order valence-corrected chi connectivity index (χ1v) is 23.4. The lowest BCUT2D eigenvalue weighted by molar-refractivity contribution is -0.152. The number of ether oxygens (including phenoxy) is 4. The van der Waals surface area contributed by atoms with Crippen LogP contribution in [0.15, 0.2) is 0 Å². The highest BCUT2D eigenvalue weighted by atomic mass is 16.6. The molecule has 0 aliphatic carbocycles. The second-order valence-corrected chi connectivity index (χ2v) is 15.7. The molecule has 0 aromatic carbocycles. The molecule has 0 aromatic heterocycles. The zero-order valence-electron chi connectivity index (χ0n) is 36.4. The summed E-state index contributed by atoms with van der Waals surface area (Å²) in [6, 6.07) is 0. The van der Waals surface area contributed by atoms with Crippen LogP contribution in [0.25, 0.3) is 0 Å². The summed E-state index contributed by atoms with van der Waals surface area (Å²) in [7, 11) is 0. The van der Waals surface area contributed by atoms with E-state index in [2.05, 4.69) is 32.6 Å². The van der Waals surface area contributed by atoms with Crippen LogP contribution in [0.1, 0.15) is 220 Å².